The van der Waals surface area contributed by atoms with E-state index in [0.717, 1.165) is 11.1 Å². The average molecular weight is 342 g/mol. The second kappa shape index (κ2) is 8.05. The van der Waals surface area contributed by atoms with Crippen LogP contribution in [0, 0.1) is 24.0 Å². The van der Waals surface area contributed by atoms with Gasteiger partial charge in [-0.25, -0.2) is 0 Å². The highest BCUT2D eigenvalue weighted by Gasteiger charge is 2.13. The number of hydrogen-bond donors (Lipinski definition) is 1. The molecule has 25 heavy (non-hydrogen) atoms. The van der Waals surface area contributed by atoms with Crippen LogP contribution in [0.1, 0.15) is 16.7 Å². The van der Waals surface area contributed by atoms with E-state index < -0.39 is 23.4 Å². The summed E-state index contributed by atoms with van der Waals surface area (Å²) in [6.07, 6.45) is 0.0792. The molecular weight excluding hydrogens is 324 g/mol. The van der Waals surface area contributed by atoms with Gasteiger partial charge in [0.05, 0.1) is 17.0 Å². The van der Waals surface area contributed by atoms with E-state index in [-0.39, 0.29) is 12.1 Å². The highest BCUT2D eigenvalue weighted by atomic mass is 16.6. The minimum absolute atomic E-state index is 0.0792. The standard InChI is InChI=1S/C18H18N2O5/c1-12-5-3-4-6-14(12)9-18(22)25-11-17(21)19-16-10-15(20(23)24)8-7-13(16)2/h3-8,10H,9,11H2,1-2H3,(H,19,21). The maximum absolute atomic E-state index is 11.9. The fourth-order valence-corrected chi connectivity index (χ4v) is 2.21. The lowest BCUT2D eigenvalue weighted by atomic mass is 10.1. The molecule has 130 valence electrons. The summed E-state index contributed by atoms with van der Waals surface area (Å²) in [5, 5.41) is 13.3. The van der Waals surface area contributed by atoms with Crippen LogP contribution in [0.5, 0.6) is 0 Å². The summed E-state index contributed by atoms with van der Waals surface area (Å²) in [6, 6.07) is 11.6. The van der Waals surface area contributed by atoms with Gasteiger partial charge in [-0.05, 0) is 30.5 Å². The minimum Gasteiger partial charge on any atom is -0.455 e. The minimum atomic E-state index is -0.554. The Balaban J connectivity index is 1.90. The van der Waals surface area contributed by atoms with Crippen molar-refractivity contribution >= 4 is 23.3 Å². The van der Waals surface area contributed by atoms with E-state index in [1.165, 1.54) is 18.2 Å². The van der Waals surface area contributed by atoms with E-state index in [9.17, 15) is 19.7 Å². The molecule has 7 heteroatoms. The van der Waals surface area contributed by atoms with Crippen molar-refractivity contribution in [3.63, 3.8) is 0 Å². The van der Waals surface area contributed by atoms with Gasteiger partial charge < -0.3 is 10.1 Å². The number of hydrogen-bond acceptors (Lipinski definition) is 5. The number of aryl methyl sites for hydroxylation is 2. The second-order valence-corrected chi connectivity index (χ2v) is 5.57. The van der Waals surface area contributed by atoms with Crippen LogP contribution in [0.3, 0.4) is 0 Å². The number of ether oxygens (including phenoxy) is 1. The number of non-ortho nitro benzene ring substituents is 1. The number of nitrogens with one attached hydrogen (secondary N) is 1. The summed E-state index contributed by atoms with van der Waals surface area (Å²) in [7, 11) is 0. The van der Waals surface area contributed by atoms with Crippen molar-refractivity contribution < 1.29 is 19.2 Å². The second-order valence-electron chi connectivity index (χ2n) is 5.57. The van der Waals surface area contributed by atoms with Gasteiger partial charge in [-0.15, -0.1) is 0 Å². The molecule has 1 amide bonds. The largest absolute Gasteiger partial charge is 0.455 e. The third kappa shape index (κ3) is 5.13. The molecular formula is C18H18N2O5. The number of rotatable bonds is 6. The number of esters is 1. The predicted octanol–water partition coefficient (Wildman–Crippen LogP) is 2.94. The Morgan fingerprint density at radius 2 is 1.84 bits per heavy atom. The van der Waals surface area contributed by atoms with Crippen LogP contribution in [0.4, 0.5) is 11.4 Å². The van der Waals surface area contributed by atoms with Gasteiger partial charge in [0.2, 0.25) is 0 Å². The quantitative estimate of drug-likeness (QED) is 0.494. The smallest absolute Gasteiger partial charge is 0.310 e. The highest BCUT2D eigenvalue weighted by Crippen LogP contribution is 2.21. The van der Waals surface area contributed by atoms with Crippen molar-refractivity contribution in [2.45, 2.75) is 20.3 Å². The molecule has 2 rings (SSSR count). The van der Waals surface area contributed by atoms with Gasteiger partial charge >= 0.3 is 5.97 Å². The number of benzene rings is 2. The molecule has 0 fully saturated rings. The SMILES string of the molecule is Cc1ccccc1CC(=O)OCC(=O)Nc1cc([N+](=O)[O-])ccc1C. The van der Waals surface area contributed by atoms with Crippen molar-refractivity contribution in [1.82, 2.24) is 0 Å². The molecule has 0 unspecified atom stereocenters. The Morgan fingerprint density at radius 1 is 1.12 bits per heavy atom. The van der Waals surface area contributed by atoms with Gasteiger partial charge in [-0.2, -0.15) is 0 Å². The lowest BCUT2D eigenvalue weighted by molar-refractivity contribution is -0.384. The molecule has 0 spiro atoms. The fraction of sp³-hybridized carbons (Fsp3) is 0.222. The zero-order valence-corrected chi connectivity index (χ0v) is 13.9. The molecule has 2 aromatic carbocycles. The van der Waals surface area contributed by atoms with Gasteiger partial charge in [0.25, 0.3) is 11.6 Å². The number of nitro benzene ring substituents is 1. The van der Waals surface area contributed by atoms with Gasteiger partial charge in [0, 0.05) is 12.1 Å². The Labute approximate surface area is 144 Å². The van der Waals surface area contributed by atoms with E-state index in [2.05, 4.69) is 5.32 Å². The van der Waals surface area contributed by atoms with E-state index in [4.69, 9.17) is 4.74 Å². The first-order valence-electron chi connectivity index (χ1n) is 7.62. The molecule has 0 aromatic heterocycles. The maximum atomic E-state index is 11.9. The number of carbonyl (C=O) groups excluding carboxylic acids is 2. The summed E-state index contributed by atoms with van der Waals surface area (Å²) >= 11 is 0. The number of anilines is 1. The van der Waals surface area contributed by atoms with E-state index in [0.29, 0.717) is 11.3 Å². The average Bonchev–Trinajstić information content (AvgIpc) is 2.57. The topological polar surface area (TPSA) is 98.5 Å². The van der Waals surface area contributed by atoms with E-state index >= 15 is 0 Å². The first-order valence-corrected chi connectivity index (χ1v) is 7.62. The Kier molecular flexibility index (Phi) is 5.84. The third-order valence-corrected chi connectivity index (χ3v) is 3.67. The molecule has 0 aliphatic rings. The van der Waals surface area contributed by atoms with Crippen LogP contribution >= 0.6 is 0 Å². The lowest BCUT2D eigenvalue weighted by Crippen LogP contribution is -2.22. The van der Waals surface area contributed by atoms with Crippen LogP contribution in [0.25, 0.3) is 0 Å². The van der Waals surface area contributed by atoms with Crippen LogP contribution in [0.15, 0.2) is 42.5 Å². The molecule has 0 saturated carbocycles. The molecule has 0 radical (unpaired) electrons. The van der Waals surface area contributed by atoms with Crippen LogP contribution in [-0.4, -0.2) is 23.4 Å². The summed E-state index contributed by atoms with van der Waals surface area (Å²) in [6.45, 7) is 3.15. The van der Waals surface area contributed by atoms with Crippen molar-refractivity contribution in [3.05, 3.63) is 69.3 Å². The van der Waals surface area contributed by atoms with Gasteiger partial charge in [0.15, 0.2) is 6.61 Å². The molecule has 0 saturated heterocycles. The molecule has 0 bridgehead atoms. The van der Waals surface area contributed by atoms with E-state index in [1.54, 1.807) is 6.92 Å². The molecule has 2 aromatic rings. The molecule has 0 atom stereocenters. The number of nitro groups is 1. The van der Waals surface area contributed by atoms with Gasteiger partial charge in [-0.3, -0.25) is 19.7 Å². The number of nitrogens with zero attached hydrogens (tertiary/aromatic N) is 1. The highest BCUT2D eigenvalue weighted by molar-refractivity contribution is 5.93. The van der Waals surface area contributed by atoms with Crippen molar-refractivity contribution in [2.75, 3.05) is 11.9 Å². The van der Waals surface area contributed by atoms with Crippen molar-refractivity contribution in [3.8, 4) is 0 Å². The van der Waals surface area contributed by atoms with Crippen molar-refractivity contribution in [2.24, 2.45) is 0 Å². The molecule has 7 nitrogen and oxygen atoms in total. The Bertz CT molecular complexity index is 817. The normalized spacial score (nSPS) is 10.2. The summed E-state index contributed by atoms with van der Waals surface area (Å²) in [4.78, 5) is 34.0. The first kappa shape index (κ1) is 18.1. The summed E-state index contributed by atoms with van der Waals surface area (Å²) in [5.41, 5.74) is 2.66. The zero-order chi connectivity index (χ0) is 18.4. The summed E-state index contributed by atoms with van der Waals surface area (Å²) in [5.74, 6) is -1.07. The number of amides is 1. The van der Waals surface area contributed by atoms with Crippen molar-refractivity contribution in [1.29, 1.82) is 0 Å². The molecule has 1 N–H and O–H groups in total. The lowest BCUT2D eigenvalue weighted by Gasteiger charge is -2.09. The number of carbonyl (C=O) groups is 2. The van der Waals surface area contributed by atoms with Gasteiger partial charge in [-0.1, -0.05) is 30.3 Å². The third-order valence-electron chi connectivity index (χ3n) is 3.67. The van der Waals surface area contributed by atoms with Crippen LogP contribution < -0.4 is 5.32 Å². The van der Waals surface area contributed by atoms with Crippen LogP contribution in [-0.2, 0) is 20.7 Å². The van der Waals surface area contributed by atoms with Crippen LogP contribution in [0.2, 0.25) is 0 Å². The molecule has 0 aliphatic heterocycles. The molecule has 0 aliphatic carbocycles. The predicted molar refractivity (Wildman–Crippen MR) is 92.3 cm³/mol. The monoisotopic (exact) mass is 342 g/mol. The fourth-order valence-electron chi connectivity index (χ4n) is 2.21. The maximum Gasteiger partial charge on any atom is 0.310 e. The summed E-state index contributed by atoms with van der Waals surface area (Å²) < 4.78 is 4.97. The zero-order valence-electron chi connectivity index (χ0n) is 13.9. The first-order chi connectivity index (χ1) is 11.9. The van der Waals surface area contributed by atoms with Gasteiger partial charge in [0.1, 0.15) is 0 Å². The van der Waals surface area contributed by atoms with E-state index in [1.807, 2.05) is 31.2 Å². The molecule has 0 heterocycles. The Morgan fingerprint density at radius 3 is 2.52 bits per heavy atom. The Hall–Kier alpha value is -3.22.